The molecule has 0 bridgehead atoms. The van der Waals surface area contributed by atoms with Crippen molar-refractivity contribution in [3.8, 4) is 11.6 Å². The molecule has 0 amide bonds. The van der Waals surface area contributed by atoms with Gasteiger partial charge >= 0.3 is 0 Å². The van der Waals surface area contributed by atoms with Crippen LogP contribution >= 0.6 is 0 Å². The van der Waals surface area contributed by atoms with Gasteiger partial charge < -0.3 is 17.2 Å². The summed E-state index contributed by atoms with van der Waals surface area (Å²) in [5.74, 6) is 11.0. The molecule has 0 unspecified atom stereocenters. The summed E-state index contributed by atoms with van der Waals surface area (Å²) in [6, 6.07) is 0. The lowest BCUT2D eigenvalue weighted by molar-refractivity contribution is 0.743. The van der Waals surface area contributed by atoms with Gasteiger partial charge in [0.1, 0.15) is 0 Å². The summed E-state index contributed by atoms with van der Waals surface area (Å²) >= 11 is 0. The van der Waals surface area contributed by atoms with Crippen LogP contribution < -0.4 is 11.7 Å². The van der Waals surface area contributed by atoms with Crippen molar-refractivity contribution in [3.05, 3.63) is 0 Å². The SMILES string of the molecule is CC.Nn1nnnc1-c1nnnn1N.O. The number of aromatic nitrogens is 8. The van der Waals surface area contributed by atoms with Gasteiger partial charge in [-0.25, -0.2) is 0 Å². The van der Waals surface area contributed by atoms with Crippen LogP contribution in [0.3, 0.4) is 0 Å². The number of hydrogen-bond donors (Lipinski definition) is 2. The van der Waals surface area contributed by atoms with Crippen LogP contribution in [0, 0.1) is 0 Å². The summed E-state index contributed by atoms with van der Waals surface area (Å²) in [5, 5.41) is 20.5. The number of nitrogen functional groups attached to an aromatic ring is 2. The highest BCUT2D eigenvalue weighted by molar-refractivity contribution is 5.40. The number of hydrogen-bond acceptors (Lipinski definition) is 8. The maximum absolute atomic E-state index is 5.32. The molecule has 0 spiro atoms. The number of tetrazole rings is 2. The molecule has 0 saturated carbocycles. The second-order valence-corrected chi connectivity index (χ2v) is 1.89. The molecule has 2 heterocycles. The van der Waals surface area contributed by atoms with E-state index in [0.717, 1.165) is 9.58 Å². The van der Waals surface area contributed by atoms with E-state index in [0.29, 0.717) is 0 Å². The normalized spacial score (nSPS) is 8.67. The molecule has 0 aliphatic heterocycles. The minimum absolute atomic E-state index is 0. The fourth-order valence-electron chi connectivity index (χ4n) is 0.682. The van der Waals surface area contributed by atoms with Crippen LogP contribution in [0.1, 0.15) is 13.8 Å². The van der Waals surface area contributed by atoms with Gasteiger partial charge in [0.15, 0.2) is 0 Å². The molecule has 84 valence electrons. The summed E-state index contributed by atoms with van der Waals surface area (Å²) in [6.45, 7) is 4.00. The van der Waals surface area contributed by atoms with E-state index in [9.17, 15) is 0 Å². The Balaban J connectivity index is 0.000000617. The molecule has 11 nitrogen and oxygen atoms in total. The molecule has 2 aromatic rings. The molecule has 6 N–H and O–H groups in total. The molecular weight excluding hydrogens is 204 g/mol. The molecule has 0 aliphatic carbocycles. The molecule has 0 fully saturated rings. The van der Waals surface area contributed by atoms with Gasteiger partial charge in [0, 0.05) is 0 Å². The van der Waals surface area contributed by atoms with Gasteiger partial charge in [-0.05, 0) is 20.9 Å². The molecule has 0 saturated heterocycles. The molecule has 2 aromatic heterocycles. The Labute approximate surface area is 84.3 Å². The van der Waals surface area contributed by atoms with E-state index in [1.807, 2.05) is 13.8 Å². The lowest BCUT2D eigenvalue weighted by atomic mass is 10.6. The van der Waals surface area contributed by atoms with Gasteiger partial charge in [0.2, 0.25) is 11.6 Å². The first-order valence-corrected chi connectivity index (χ1v) is 3.86. The second kappa shape index (κ2) is 5.43. The zero-order valence-electron chi connectivity index (χ0n) is 8.23. The molecule has 0 atom stereocenters. The van der Waals surface area contributed by atoms with Crippen molar-refractivity contribution in [2.75, 3.05) is 11.7 Å². The predicted molar refractivity (Wildman–Crippen MR) is 49.9 cm³/mol. The van der Waals surface area contributed by atoms with Crippen molar-refractivity contribution >= 4 is 0 Å². The van der Waals surface area contributed by atoms with E-state index in [-0.39, 0.29) is 17.1 Å². The number of rotatable bonds is 1. The topological polar surface area (TPSA) is 171 Å². The third-order valence-corrected chi connectivity index (χ3v) is 1.19. The second-order valence-electron chi connectivity index (χ2n) is 1.89. The molecular formula is C4H12N10O. The first kappa shape index (κ1) is 12.7. The largest absolute Gasteiger partial charge is 0.412 e. The first-order chi connectivity index (χ1) is 6.79. The predicted octanol–water partition coefficient (Wildman–Crippen LogP) is -3.04. The zero-order valence-corrected chi connectivity index (χ0v) is 8.23. The number of nitrogens with zero attached hydrogens (tertiary/aromatic N) is 8. The van der Waals surface area contributed by atoms with Crippen molar-refractivity contribution < 1.29 is 5.48 Å². The minimum Gasteiger partial charge on any atom is -0.412 e. The maximum atomic E-state index is 5.32. The van der Waals surface area contributed by atoms with Crippen LogP contribution in [0.4, 0.5) is 0 Å². The van der Waals surface area contributed by atoms with Gasteiger partial charge in [-0.3, -0.25) is 0 Å². The van der Waals surface area contributed by atoms with Crippen LogP contribution in [0.5, 0.6) is 0 Å². The molecule has 15 heavy (non-hydrogen) atoms. The van der Waals surface area contributed by atoms with Gasteiger partial charge in [0.05, 0.1) is 0 Å². The van der Waals surface area contributed by atoms with Gasteiger partial charge in [-0.15, -0.1) is 19.8 Å². The summed E-state index contributed by atoms with van der Waals surface area (Å²) in [4.78, 5) is 1.85. The third kappa shape index (κ3) is 2.34. The summed E-state index contributed by atoms with van der Waals surface area (Å²) < 4.78 is 0. The van der Waals surface area contributed by atoms with Crippen molar-refractivity contribution in [3.63, 3.8) is 0 Å². The number of nitrogens with two attached hydrogens (primary N) is 2. The maximum Gasteiger partial charge on any atom is 0.245 e. The molecule has 2 rings (SSSR count). The van der Waals surface area contributed by atoms with E-state index in [1.54, 1.807) is 0 Å². The van der Waals surface area contributed by atoms with E-state index in [1.165, 1.54) is 0 Å². The van der Waals surface area contributed by atoms with E-state index in [4.69, 9.17) is 11.7 Å². The summed E-state index contributed by atoms with van der Waals surface area (Å²) in [5.41, 5.74) is 0. The molecule has 0 aliphatic rings. The Kier molecular flexibility index (Phi) is 4.60. The molecule has 0 aromatic carbocycles. The lowest BCUT2D eigenvalue weighted by Gasteiger charge is -1.93. The van der Waals surface area contributed by atoms with Crippen LogP contribution in [-0.2, 0) is 0 Å². The smallest absolute Gasteiger partial charge is 0.245 e. The van der Waals surface area contributed by atoms with E-state index < -0.39 is 0 Å². The van der Waals surface area contributed by atoms with Crippen molar-refractivity contribution in [2.24, 2.45) is 0 Å². The van der Waals surface area contributed by atoms with Crippen LogP contribution in [0.2, 0.25) is 0 Å². The highest BCUT2D eigenvalue weighted by Crippen LogP contribution is 2.04. The van der Waals surface area contributed by atoms with Crippen LogP contribution in [-0.4, -0.2) is 46.1 Å². The van der Waals surface area contributed by atoms with Gasteiger partial charge in [0.25, 0.3) is 0 Å². The van der Waals surface area contributed by atoms with Crippen molar-refractivity contribution in [1.29, 1.82) is 0 Å². The average Bonchev–Trinajstić information content (AvgIpc) is 2.78. The average molecular weight is 216 g/mol. The van der Waals surface area contributed by atoms with Crippen molar-refractivity contribution in [1.82, 2.24) is 40.6 Å². The van der Waals surface area contributed by atoms with Crippen molar-refractivity contribution in [2.45, 2.75) is 13.8 Å². The summed E-state index contributed by atoms with van der Waals surface area (Å²) in [6.07, 6.45) is 0. The lowest BCUT2D eigenvalue weighted by Crippen LogP contribution is -2.17. The highest BCUT2D eigenvalue weighted by atomic mass is 16.0. The Hall–Kier alpha value is -2.30. The Morgan fingerprint density at radius 2 is 1.20 bits per heavy atom. The Morgan fingerprint density at radius 1 is 0.867 bits per heavy atom. The Bertz CT molecular complexity index is 353. The van der Waals surface area contributed by atoms with Gasteiger partial charge in [-0.2, -0.15) is 0 Å². The fourth-order valence-corrected chi connectivity index (χ4v) is 0.682. The molecule has 11 heteroatoms. The standard InChI is InChI=1S/C2H4N10.C2H6.H2O/c3-11-1(5-7-9-11)2-6-8-10-12(2)4;1-2;/h3-4H2;1-2H3;1H2. The Morgan fingerprint density at radius 3 is 1.40 bits per heavy atom. The molecule has 0 radical (unpaired) electrons. The van der Waals surface area contributed by atoms with E-state index >= 15 is 0 Å². The minimum atomic E-state index is 0. The zero-order chi connectivity index (χ0) is 10.6. The highest BCUT2D eigenvalue weighted by Gasteiger charge is 2.13. The first-order valence-electron chi connectivity index (χ1n) is 3.86. The van der Waals surface area contributed by atoms with Crippen LogP contribution in [0.15, 0.2) is 0 Å². The monoisotopic (exact) mass is 216 g/mol. The fraction of sp³-hybridized carbons (Fsp3) is 0.500. The summed E-state index contributed by atoms with van der Waals surface area (Å²) in [7, 11) is 0. The quantitative estimate of drug-likeness (QED) is 0.473. The van der Waals surface area contributed by atoms with Gasteiger partial charge in [-0.1, -0.05) is 13.8 Å². The third-order valence-electron chi connectivity index (χ3n) is 1.19. The van der Waals surface area contributed by atoms with Crippen LogP contribution in [0.25, 0.3) is 11.6 Å². The van der Waals surface area contributed by atoms with E-state index in [2.05, 4.69) is 31.1 Å².